The lowest BCUT2D eigenvalue weighted by Gasteiger charge is -2.29. The number of carbonyl (C=O) groups excluding carboxylic acids is 1. The predicted octanol–water partition coefficient (Wildman–Crippen LogP) is 1.77. The molecular formula is C14H28N2O4S. The number of rotatable bonds is 6. The minimum atomic E-state index is -3.59. The molecule has 1 atom stereocenters. The fourth-order valence-electron chi connectivity index (χ4n) is 2.30. The zero-order valence-electron chi connectivity index (χ0n) is 13.8. The van der Waals surface area contributed by atoms with E-state index in [9.17, 15) is 13.2 Å². The Hall–Kier alpha value is -0.660. The summed E-state index contributed by atoms with van der Waals surface area (Å²) in [6.07, 6.45) is 2.94. The van der Waals surface area contributed by atoms with Crippen LogP contribution in [0.15, 0.2) is 0 Å². The summed E-state index contributed by atoms with van der Waals surface area (Å²) < 4.78 is 33.1. The smallest absolute Gasteiger partial charge is 0.325 e. The van der Waals surface area contributed by atoms with Crippen LogP contribution in [0, 0.1) is 0 Å². The van der Waals surface area contributed by atoms with Crippen LogP contribution in [0.4, 0.5) is 0 Å². The molecule has 0 aromatic rings. The van der Waals surface area contributed by atoms with E-state index in [1.54, 1.807) is 27.8 Å². The number of hydrogen-bond acceptors (Lipinski definition) is 4. The van der Waals surface area contributed by atoms with Crippen LogP contribution in [0.3, 0.4) is 0 Å². The fraction of sp³-hybridized carbons (Fsp3) is 0.929. The highest BCUT2D eigenvalue weighted by Crippen LogP contribution is 2.25. The van der Waals surface area contributed by atoms with E-state index >= 15 is 0 Å². The molecule has 124 valence electrons. The van der Waals surface area contributed by atoms with Gasteiger partial charge >= 0.3 is 5.97 Å². The third-order valence-corrected chi connectivity index (χ3v) is 5.40. The van der Waals surface area contributed by atoms with Crippen LogP contribution in [0.1, 0.15) is 53.4 Å². The first-order valence-electron chi connectivity index (χ1n) is 7.55. The Bertz CT molecular complexity index is 456. The van der Waals surface area contributed by atoms with Crippen molar-refractivity contribution in [3.8, 4) is 0 Å². The van der Waals surface area contributed by atoms with Gasteiger partial charge in [0, 0.05) is 20.1 Å². The van der Waals surface area contributed by atoms with Crippen molar-refractivity contribution in [3.63, 3.8) is 0 Å². The molecule has 7 heteroatoms. The van der Waals surface area contributed by atoms with Crippen molar-refractivity contribution in [3.05, 3.63) is 0 Å². The lowest BCUT2D eigenvalue weighted by Crippen LogP contribution is -2.48. The first kappa shape index (κ1) is 18.4. The average molecular weight is 320 g/mol. The van der Waals surface area contributed by atoms with E-state index in [0.29, 0.717) is 25.9 Å². The lowest BCUT2D eigenvalue weighted by molar-refractivity contribution is -0.158. The highest BCUT2D eigenvalue weighted by Gasteiger charge is 2.42. The molecule has 1 rings (SSSR count). The van der Waals surface area contributed by atoms with Crippen LogP contribution in [0.5, 0.6) is 0 Å². The Morgan fingerprint density at radius 3 is 2.52 bits per heavy atom. The second-order valence-electron chi connectivity index (χ2n) is 6.49. The van der Waals surface area contributed by atoms with Crippen LogP contribution in [0.2, 0.25) is 0 Å². The Morgan fingerprint density at radius 1 is 1.38 bits per heavy atom. The molecule has 1 aliphatic rings. The van der Waals surface area contributed by atoms with Crippen LogP contribution < -0.4 is 0 Å². The number of hydrogen-bond donors (Lipinski definition) is 0. The van der Waals surface area contributed by atoms with E-state index < -0.39 is 27.8 Å². The standard InChI is InChI=1S/C14H28N2O4S/c1-6-7-10-15(5)21(18,19)16-11-8-9-12(16)13(17)20-14(2,3)4/h12H,6-11H2,1-5H3/t12-/m1/s1. The molecule has 1 saturated heterocycles. The molecular weight excluding hydrogens is 292 g/mol. The molecule has 0 aliphatic carbocycles. The van der Waals surface area contributed by atoms with Crippen molar-refractivity contribution in [1.29, 1.82) is 0 Å². The quantitative estimate of drug-likeness (QED) is 0.700. The maximum absolute atomic E-state index is 12.6. The third-order valence-electron chi connectivity index (χ3n) is 3.40. The molecule has 1 heterocycles. The van der Waals surface area contributed by atoms with Crippen LogP contribution in [-0.4, -0.2) is 54.8 Å². The summed E-state index contributed by atoms with van der Waals surface area (Å²) >= 11 is 0. The van der Waals surface area contributed by atoms with Crippen molar-refractivity contribution in [2.75, 3.05) is 20.1 Å². The summed E-state index contributed by atoms with van der Waals surface area (Å²) in [6.45, 7) is 8.21. The SMILES string of the molecule is CCCCN(C)S(=O)(=O)N1CCC[C@@H]1C(=O)OC(C)(C)C. The second-order valence-corrected chi connectivity index (χ2v) is 8.47. The summed E-state index contributed by atoms with van der Waals surface area (Å²) in [5.41, 5.74) is -0.608. The van der Waals surface area contributed by atoms with Gasteiger partial charge in [-0.25, -0.2) is 0 Å². The van der Waals surface area contributed by atoms with E-state index in [1.807, 2.05) is 6.92 Å². The normalized spacial score (nSPS) is 21.0. The van der Waals surface area contributed by atoms with Gasteiger partial charge in [-0.1, -0.05) is 13.3 Å². The van der Waals surface area contributed by atoms with E-state index in [4.69, 9.17) is 4.74 Å². The van der Waals surface area contributed by atoms with Gasteiger partial charge in [-0.2, -0.15) is 17.0 Å². The third kappa shape index (κ3) is 4.93. The van der Waals surface area contributed by atoms with Crippen molar-refractivity contribution in [2.24, 2.45) is 0 Å². The van der Waals surface area contributed by atoms with Gasteiger partial charge in [-0.3, -0.25) is 4.79 Å². The Kier molecular flexibility index (Phi) is 6.19. The van der Waals surface area contributed by atoms with Crippen molar-refractivity contribution >= 4 is 16.2 Å². The molecule has 0 bridgehead atoms. The summed E-state index contributed by atoms with van der Waals surface area (Å²) in [4.78, 5) is 12.2. The van der Waals surface area contributed by atoms with Gasteiger partial charge in [0.2, 0.25) is 0 Å². The van der Waals surface area contributed by atoms with Crippen molar-refractivity contribution in [1.82, 2.24) is 8.61 Å². The van der Waals surface area contributed by atoms with Gasteiger partial charge in [0.15, 0.2) is 0 Å². The van der Waals surface area contributed by atoms with Crippen molar-refractivity contribution in [2.45, 2.75) is 65.0 Å². The first-order valence-corrected chi connectivity index (χ1v) is 8.95. The highest BCUT2D eigenvalue weighted by molar-refractivity contribution is 7.86. The number of nitrogens with zero attached hydrogens (tertiary/aromatic N) is 2. The maximum atomic E-state index is 12.6. The predicted molar refractivity (Wildman–Crippen MR) is 82.0 cm³/mol. The van der Waals surface area contributed by atoms with Gasteiger partial charge in [0.1, 0.15) is 11.6 Å². The van der Waals surface area contributed by atoms with Gasteiger partial charge in [0.25, 0.3) is 10.2 Å². The summed E-state index contributed by atoms with van der Waals surface area (Å²) in [6, 6.07) is -0.696. The second kappa shape index (κ2) is 7.07. The Labute approximate surface area is 128 Å². The minimum Gasteiger partial charge on any atom is -0.459 e. The number of esters is 1. The molecule has 21 heavy (non-hydrogen) atoms. The minimum absolute atomic E-state index is 0.378. The molecule has 0 spiro atoms. The fourth-order valence-corrected chi connectivity index (χ4v) is 3.89. The molecule has 0 aromatic heterocycles. The zero-order chi connectivity index (χ0) is 16.3. The maximum Gasteiger partial charge on any atom is 0.325 e. The van der Waals surface area contributed by atoms with Crippen molar-refractivity contribution < 1.29 is 17.9 Å². The summed E-state index contributed by atoms with van der Waals surface area (Å²) in [5.74, 6) is -0.451. The lowest BCUT2D eigenvalue weighted by atomic mass is 10.2. The van der Waals surface area contributed by atoms with Crippen LogP contribution in [0.25, 0.3) is 0 Å². The Morgan fingerprint density at radius 2 is 2.00 bits per heavy atom. The van der Waals surface area contributed by atoms with E-state index in [2.05, 4.69) is 0 Å². The van der Waals surface area contributed by atoms with E-state index in [-0.39, 0.29) is 0 Å². The molecule has 0 unspecified atom stereocenters. The number of carbonyl (C=O) groups is 1. The Balaban J connectivity index is 2.83. The molecule has 0 radical (unpaired) electrons. The summed E-state index contributed by atoms with van der Waals surface area (Å²) in [5, 5.41) is 0. The van der Waals surface area contributed by atoms with Crippen LogP contribution in [-0.2, 0) is 19.7 Å². The van der Waals surface area contributed by atoms with Gasteiger partial charge < -0.3 is 4.74 Å². The molecule has 0 amide bonds. The highest BCUT2D eigenvalue weighted by atomic mass is 32.2. The summed E-state index contributed by atoms with van der Waals surface area (Å²) in [7, 11) is -2.03. The van der Waals surface area contributed by atoms with Gasteiger partial charge in [-0.05, 0) is 40.0 Å². The molecule has 1 fully saturated rings. The van der Waals surface area contributed by atoms with Gasteiger partial charge in [-0.15, -0.1) is 0 Å². The first-order chi connectivity index (χ1) is 9.59. The number of unbranched alkanes of at least 4 members (excludes halogenated alkanes) is 1. The molecule has 6 nitrogen and oxygen atoms in total. The molecule has 1 aliphatic heterocycles. The van der Waals surface area contributed by atoms with Gasteiger partial charge in [0.05, 0.1) is 0 Å². The largest absolute Gasteiger partial charge is 0.459 e. The topological polar surface area (TPSA) is 66.9 Å². The van der Waals surface area contributed by atoms with Crippen LogP contribution >= 0.6 is 0 Å². The molecule has 0 N–H and O–H groups in total. The van der Waals surface area contributed by atoms with E-state index in [0.717, 1.165) is 12.8 Å². The molecule has 0 saturated carbocycles. The number of ether oxygens (including phenoxy) is 1. The monoisotopic (exact) mass is 320 g/mol. The molecule has 0 aromatic carbocycles. The zero-order valence-corrected chi connectivity index (χ0v) is 14.6. The average Bonchev–Trinajstić information content (AvgIpc) is 2.83. The van der Waals surface area contributed by atoms with E-state index in [1.165, 1.54) is 8.61 Å².